The summed E-state index contributed by atoms with van der Waals surface area (Å²) < 4.78 is 32.1. The molecule has 0 radical (unpaired) electrons. The Bertz CT molecular complexity index is 535. The minimum absolute atomic E-state index is 0.342. The zero-order chi connectivity index (χ0) is 15.3. The summed E-state index contributed by atoms with van der Waals surface area (Å²) in [6.07, 6.45) is 1.10. The van der Waals surface area contributed by atoms with Gasteiger partial charge in [0.05, 0.1) is 11.5 Å². The largest absolute Gasteiger partial charge is 0.494 e. The molecular formula is C15H24N2O3S. The van der Waals surface area contributed by atoms with Crippen LogP contribution in [-0.2, 0) is 10.0 Å². The third-order valence-electron chi connectivity index (χ3n) is 3.64. The van der Waals surface area contributed by atoms with Gasteiger partial charge in [0, 0.05) is 26.2 Å². The first kappa shape index (κ1) is 16.3. The second-order valence-electron chi connectivity index (χ2n) is 5.15. The Labute approximate surface area is 127 Å². The predicted octanol–water partition coefficient (Wildman–Crippen LogP) is 1.80. The SMILES string of the molecule is CCCN1CCN(S(=O)(=O)c2ccc(OCC)cc2)CC1. The van der Waals surface area contributed by atoms with Crippen molar-refractivity contribution >= 4 is 10.0 Å². The van der Waals surface area contributed by atoms with Gasteiger partial charge in [-0.3, -0.25) is 0 Å². The smallest absolute Gasteiger partial charge is 0.243 e. The zero-order valence-corrected chi connectivity index (χ0v) is 13.6. The van der Waals surface area contributed by atoms with Gasteiger partial charge >= 0.3 is 0 Å². The summed E-state index contributed by atoms with van der Waals surface area (Å²) in [7, 11) is -3.38. The van der Waals surface area contributed by atoms with E-state index in [0.29, 0.717) is 30.3 Å². The molecule has 1 aliphatic heterocycles. The lowest BCUT2D eigenvalue weighted by atomic mass is 10.3. The van der Waals surface area contributed by atoms with E-state index in [4.69, 9.17) is 4.74 Å². The number of sulfonamides is 1. The average molecular weight is 312 g/mol. The Morgan fingerprint density at radius 2 is 1.67 bits per heavy atom. The topological polar surface area (TPSA) is 49.9 Å². The van der Waals surface area contributed by atoms with Crippen molar-refractivity contribution < 1.29 is 13.2 Å². The molecule has 0 spiro atoms. The van der Waals surface area contributed by atoms with Gasteiger partial charge in [0.25, 0.3) is 0 Å². The van der Waals surface area contributed by atoms with Crippen LogP contribution < -0.4 is 4.74 Å². The molecule has 0 aromatic heterocycles. The Balaban J connectivity index is 2.04. The van der Waals surface area contributed by atoms with Crippen molar-refractivity contribution in [3.8, 4) is 5.75 Å². The third-order valence-corrected chi connectivity index (χ3v) is 5.56. The molecule has 0 amide bonds. The Morgan fingerprint density at radius 3 is 2.19 bits per heavy atom. The Hall–Kier alpha value is -1.11. The van der Waals surface area contributed by atoms with E-state index >= 15 is 0 Å². The van der Waals surface area contributed by atoms with Crippen LogP contribution in [0.5, 0.6) is 5.75 Å². The highest BCUT2D eigenvalue weighted by atomic mass is 32.2. The summed E-state index contributed by atoms with van der Waals surface area (Å²) in [5.74, 6) is 0.698. The van der Waals surface area contributed by atoms with Crippen LogP contribution in [0, 0.1) is 0 Å². The lowest BCUT2D eigenvalue weighted by Gasteiger charge is -2.33. The average Bonchev–Trinajstić information content (AvgIpc) is 2.49. The van der Waals surface area contributed by atoms with Gasteiger partial charge in [0.15, 0.2) is 0 Å². The highest BCUT2D eigenvalue weighted by Gasteiger charge is 2.28. The lowest BCUT2D eigenvalue weighted by molar-refractivity contribution is 0.188. The van der Waals surface area contributed by atoms with E-state index in [2.05, 4.69) is 11.8 Å². The summed E-state index contributed by atoms with van der Waals surface area (Å²) in [6, 6.07) is 6.67. The molecule has 1 aliphatic rings. The highest BCUT2D eigenvalue weighted by Crippen LogP contribution is 2.20. The van der Waals surface area contributed by atoms with Crippen LogP contribution >= 0.6 is 0 Å². The molecule has 0 unspecified atom stereocenters. The number of ether oxygens (including phenoxy) is 1. The van der Waals surface area contributed by atoms with Gasteiger partial charge in [-0.1, -0.05) is 6.92 Å². The van der Waals surface area contributed by atoms with Crippen molar-refractivity contribution in [3.63, 3.8) is 0 Å². The van der Waals surface area contributed by atoms with E-state index in [-0.39, 0.29) is 0 Å². The summed E-state index contributed by atoms with van der Waals surface area (Å²) in [5.41, 5.74) is 0. The van der Waals surface area contributed by atoms with Crippen molar-refractivity contribution in [2.75, 3.05) is 39.3 Å². The van der Waals surface area contributed by atoms with Crippen LogP contribution in [0.4, 0.5) is 0 Å². The molecule has 0 atom stereocenters. The second-order valence-corrected chi connectivity index (χ2v) is 7.09. The number of piperazine rings is 1. The van der Waals surface area contributed by atoms with Gasteiger partial charge in [0.1, 0.15) is 5.75 Å². The molecule has 1 fully saturated rings. The van der Waals surface area contributed by atoms with Gasteiger partial charge < -0.3 is 9.64 Å². The van der Waals surface area contributed by atoms with Gasteiger partial charge in [-0.2, -0.15) is 4.31 Å². The molecular weight excluding hydrogens is 288 g/mol. The van der Waals surface area contributed by atoms with E-state index in [1.54, 1.807) is 28.6 Å². The summed E-state index contributed by atoms with van der Waals surface area (Å²) >= 11 is 0. The number of hydrogen-bond donors (Lipinski definition) is 0. The molecule has 6 heteroatoms. The number of rotatable bonds is 6. The third kappa shape index (κ3) is 3.96. The van der Waals surface area contributed by atoms with Gasteiger partial charge in [-0.05, 0) is 44.2 Å². The molecule has 1 saturated heterocycles. The molecule has 5 nitrogen and oxygen atoms in total. The Kier molecular flexibility index (Phi) is 5.61. The molecule has 0 bridgehead atoms. The maximum Gasteiger partial charge on any atom is 0.243 e. The molecule has 1 aromatic rings. The molecule has 118 valence electrons. The van der Waals surface area contributed by atoms with Crippen molar-refractivity contribution in [3.05, 3.63) is 24.3 Å². The van der Waals surface area contributed by atoms with Crippen molar-refractivity contribution in [1.29, 1.82) is 0 Å². The fourth-order valence-corrected chi connectivity index (χ4v) is 3.96. The first-order chi connectivity index (χ1) is 10.1. The molecule has 0 saturated carbocycles. The van der Waals surface area contributed by atoms with Crippen molar-refractivity contribution in [1.82, 2.24) is 9.21 Å². The predicted molar refractivity (Wildman–Crippen MR) is 83.1 cm³/mol. The normalized spacial score (nSPS) is 17.8. The van der Waals surface area contributed by atoms with Crippen LogP contribution in [0.25, 0.3) is 0 Å². The van der Waals surface area contributed by atoms with Crippen molar-refractivity contribution in [2.24, 2.45) is 0 Å². The molecule has 2 rings (SSSR count). The standard InChI is InChI=1S/C15H24N2O3S/c1-3-9-16-10-12-17(13-11-16)21(18,19)15-7-5-14(6-8-15)20-4-2/h5-8H,3-4,9-13H2,1-2H3. The maximum absolute atomic E-state index is 12.6. The number of benzene rings is 1. The number of nitrogens with zero attached hydrogens (tertiary/aromatic N) is 2. The lowest BCUT2D eigenvalue weighted by Crippen LogP contribution is -2.48. The molecule has 21 heavy (non-hydrogen) atoms. The second kappa shape index (κ2) is 7.24. The van der Waals surface area contributed by atoms with Crippen LogP contribution in [0.15, 0.2) is 29.2 Å². The van der Waals surface area contributed by atoms with Crippen LogP contribution in [0.1, 0.15) is 20.3 Å². The van der Waals surface area contributed by atoms with E-state index in [1.807, 2.05) is 6.92 Å². The monoisotopic (exact) mass is 312 g/mol. The molecule has 0 N–H and O–H groups in total. The first-order valence-corrected chi connectivity index (χ1v) is 8.97. The first-order valence-electron chi connectivity index (χ1n) is 7.53. The molecule has 1 aromatic carbocycles. The number of hydrogen-bond acceptors (Lipinski definition) is 4. The minimum atomic E-state index is -3.38. The minimum Gasteiger partial charge on any atom is -0.494 e. The maximum atomic E-state index is 12.6. The van der Waals surface area contributed by atoms with E-state index < -0.39 is 10.0 Å². The summed E-state index contributed by atoms with van der Waals surface area (Å²) in [4.78, 5) is 2.65. The van der Waals surface area contributed by atoms with E-state index in [9.17, 15) is 8.42 Å². The molecule has 1 heterocycles. The van der Waals surface area contributed by atoms with E-state index in [0.717, 1.165) is 26.1 Å². The summed E-state index contributed by atoms with van der Waals surface area (Å²) in [5, 5.41) is 0. The van der Waals surface area contributed by atoms with Crippen LogP contribution in [0.3, 0.4) is 0 Å². The fourth-order valence-electron chi connectivity index (χ4n) is 2.53. The highest BCUT2D eigenvalue weighted by molar-refractivity contribution is 7.89. The van der Waals surface area contributed by atoms with Crippen LogP contribution in [-0.4, -0.2) is 57.0 Å². The van der Waals surface area contributed by atoms with Crippen molar-refractivity contribution in [2.45, 2.75) is 25.2 Å². The zero-order valence-electron chi connectivity index (χ0n) is 12.8. The van der Waals surface area contributed by atoms with Gasteiger partial charge in [-0.25, -0.2) is 8.42 Å². The van der Waals surface area contributed by atoms with Crippen LogP contribution in [0.2, 0.25) is 0 Å². The molecule has 0 aliphatic carbocycles. The summed E-state index contributed by atoms with van der Waals surface area (Å²) in [6.45, 7) is 8.41. The van der Waals surface area contributed by atoms with E-state index in [1.165, 1.54) is 0 Å². The quantitative estimate of drug-likeness (QED) is 0.804. The van der Waals surface area contributed by atoms with Gasteiger partial charge in [0.2, 0.25) is 10.0 Å². The Morgan fingerprint density at radius 1 is 1.05 bits per heavy atom. The van der Waals surface area contributed by atoms with Gasteiger partial charge in [-0.15, -0.1) is 0 Å². The fraction of sp³-hybridized carbons (Fsp3) is 0.600.